The van der Waals surface area contributed by atoms with Gasteiger partial charge in [-0.05, 0) is 12.1 Å². The van der Waals surface area contributed by atoms with Crippen molar-refractivity contribution in [3.05, 3.63) is 48.0 Å². The minimum absolute atomic E-state index is 0.110. The van der Waals surface area contributed by atoms with Crippen LogP contribution < -0.4 is 20.1 Å². The van der Waals surface area contributed by atoms with Crippen LogP contribution >= 0.6 is 0 Å². The lowest BCUT2D eigenvalue weighted by Gasteiger charge is -2.17. The number of anilines is 2. The van der Waals surface area contributed by atoms with E-state index < -0.39 is 5.91 Å². The maximum absolute atomic E-state index is 12.5. The van der Waals surface area contributed by atoms with Gasteiger partial charge in [0.05, 0.1) is 25.6 Å². The Morgan fingerprint density at radius 2 is 1.43 bits per heavy atom. The molecule has 0 bridgehead atoms. The molecule has 9 heteroatoms. The highest BCUT2D eigenvalue weighted by Crippen LogP contribution is 2.36. The highest BCUT2D eigenvalue weighted by molar-refractivity contribution is 6.07. The maximum atomic E-state index is 12.5. The largest absolute Gasteiger partial charge is 0.494 e. The number of benzene rings is 2. The smallest absolute Gasteiger partial charge is 0.255 e. The van der Waals surface area contributed by atoms with Crippen molar-refractivity contribution < 1.29 is 28.7 Å². The Morgan fingerprint density at radius 1 is 0.900 bits per heavy atom. The summed E-state index contributed by atoms with van der Waals surface area (Å²) >= 11 is 0. The van der Waals surface area contributed by atoms with Gasteiger partial charge >= 0.3 is 0 Å². The number of methoxy groups -OCH3 is 2. The summed E-state index contributed by atoms with van der Waals surface area (Å²) in [6.07, 6.45) is 0.220. The summed E-state index contributed by atoms with van der Waals surface area (Å²) < 4.78 is 10.6. The third-order valence-electron chi connectivity index (χ3n) is 4.54. The predicted molar refractivity (Wildman–Crippen MR) is 109 cm³/mol. The Kier molecular flexibility index (Phi) is 6.31. The zero-order valence-electron chi connectivity index (χ0n) is 16.6. The molecule has 3 rings (SSSR count). The summed E-state index contributed by atoms with van der Waals surface area (Å²) in [4.78, 5) is 49.1. The average Bonchev–Trinajstić information content (AvgIpc) is 3.06. The second kappa shape index (κ2) is 9.08. The SMILES string of the molecule is COc1cc(NC(=O)c2ccccc2)c(OC)cc1NC(=O)CN1C(=O)CCC1=O. The fourth-order valence-corrected chi connectivity index (χ4v) is 3.01. The summed E-state index contributed by atoms with van der Waals surface area (Å²) in [5.74, 6) is -1.08. The van der Waals surface area contributed by atoms with E-state index in [0.717, 1.165) is 4.90 Å². The molecule has 0 unspecified atom stereocenters. The summed E-state index contributed by atoms with van der Waals surface area (Å²) in [6, 6.07) is 11.7. The summed E-state index contributed by atoms with van der Waals surface area (Å²) in [5, 5.41) is 5.36. The summed E-state index contributed by atoms with van der Waals surface area (Å²) in [7, 11) is 2.83. The summed E-state index contributed by atoms with van der Waals surface area (Å²) in [5.41, 5.74) is 1.10. The van der Waals surface area contributed by atoms with Gasteiger partial charge in [-0.3, -0.25) is 24.1 Å². The Labute approximate surface area is 172 Å². The van der Waals surface area contributed by atoms with E-state index in [4.69, 9.17) is 9.47 Å². The minimum Gasteiger partial charge on any atom is -0.494 e. The molecule has 0 saturated carbocycles. The number of nitrogens with one attached hydrogen (secondary N) is 2. The third-order valence-corrected chi connectivity index (χ3v) is 4.54. The normalized spacial score (nSPS) is 13.2. The van der Waals surface area contributed by atoms with E-state index in [-0.39, 0.29) is 48.5 Å². The fraction of sp³-hybridized carbons (Fsp3) is 0.238. The van der Waals surface area contributed by atoms with E-state index in [1.54, 1.807) is 30.3 Å². The minimum atomic E-state index is -0.556. The first-order valence-corrected chi connectivity index (χ1v) is 9.18. The second-order valence-corrected chi connectivity index (χ2v) is 6.49. The van der Waals surface area contributed by atoms with Crippen LogP contribution in [0.1, 0.15) is 23.2 Å². The fourth-order valence-electron chi connectivity index (χ4n) is 3.01. The van der Waals surface area contributed by atoms with Crippen LogP contribution in [0.5, 0.6) is 11.5 Å². The first kappa shape index (κ1) is 20.8. The van der Waals surface area contributed by atoms with Crippen LogP contribution in [0.3, 0.4) is 0 Å². The molecule has 0 radical (unpaired) electrons. The first-order chi connectivity index (χ1) is 14.4. The summed E-state index contributed by atoms with van der Waals surface area (Å²) in [6.45, 7) is -0.379. The second-order valence-electron chi connectivity index (χ2n) is 6.49. The van der Waals surface area contributed by atoms with Crippen molar-refractivity contribution in [2.45, 2.75) is 12.8 Å². The van der Waals surface area contributed by atoms with E-state index in [1.807, 2.05) is 0 Å². The van der Waals surface area contributed by atoms with Gasteiger partial charge in [0.15, 0.2) is 0 Å². The molecule has 4 amide bonds. The molecular formula is C21H21N3O6. The van der Waals surface area contributed by atoms with Crippen molar-refractivity contribution in [2.24, 2.45) is 0 Å². The lowest BCUT2D eigenvalue weighted by molar-refractivity contribution is -0.141. The van der Waals surface area contributed by atoms with Crippen molar-refractivity contribution in [2.75, 3.05) is 31.4 Å². The van der Waals surface area contributed by atoms with Gasteiger partial charge < -0.3 is 20.1 Å². The Morgan fingerprint density at radius 3 is 1.97 bits per heavy atom. The van der Waals surface area contributed by atoms with Gasteiger partial charge in [0.1, 0.15) is 18.0 Å². The topological polar surface area (TPSA) is 114 Å². The molecule has 30 heavy (non-hydrogen) atoms. The molecule has 1 heterocycles. The van der Waals surface area contributed by atoms with E-state index in [2.05, 4.69) is 10.6 Å². The molecule has 2 aromatic rings. The molecule has 1 fully saturated rings. The van der Waals surface area contributed by atoms with Crippen LogP contribution in [0, 0.1) is 0 Å². The van der Waals surface area contributed by atoms with Crippen LogP contribution in [0.25, 0.3) is 0 Å². The van der Waals surface area contributed by atoms with Crippen LogP contribution in [-0.4, -0.2) is 49.3 Å². The molecule has 1 saturated heterocycles. The van der Waals surface area contributed by atoms with Crippen molar-refractivity contribution >= 4 is 35.0 Å². The number of likely N-dealkylation sites (tertiary alicyclic amines) is 1. The number of hydrogen-bond acceptors (Lipinski definition) is 6. The van der Waals surface area contributed by atoms with Crippen molar-refractivity contribution in [1.82, 2.24) is 4.90 Å². The molecular weight excluding hydrogens is 390 g/mol. The van der Waals surface area contributed by atoms with E-state index in [1.165, 1.54) is 26.4 Å². The van der Waals surface area contributed by atoms with Gasteiger partial charge in [0.2, 0.25) is 17.7 Å². The quantitative estimate of drug-likeness (QED) is 0.674. The number of hydrogen-bond donors (Lipinski definition) is 2. The molecule has 2 aromatic carbocycles. The van der Waals surface area contributed by atoms with Gasteiger partial charge in [0.25, 0.3) is 5.91 Å². The molecule has 9 nitrogen and oxygen atoms in total. The van der Waals surface area contributed by atoms with Crippen molar-refractivity contribution in [3.8, 4) is 11.5 Å². The molecule has 2 N–H and O–H groups in total. The van der Waals surface area contributed by atoms with Crippen LogP contribution in [0.2, 0.25) is 0 Å². The van der Waals surface area contributed by atoms with Crippen LogP contribution in [0.4, 0.5) is 11.4 Å². The monoisotopic (exact) mass is 411 g/mol. The van der Waals surface area contributed by atoms with Gasteiger partial charge in [-0.2, -0.15) is 0 Å². The zero-order chi connectivity index (χ0) is 21.7. The van der Waals surface area contributed by atoms with Gasteiger partial charge in [-0.25, -0.2) is 0 Å². The van der Waals surface area contributed by atoms with Gasteiger partial charge in [0, 0.05) is 30.5 Å². The Balaban J connectivity index is 1.79. The third kappa shape index (κ3) is 4.57. The molecule has 0 atom stereocenters. The van der Waals surface area contributed by atoms with E-state index >= 15 is 0 Å². The predicted octanol–water partition coefficient (Wildman–Crippen LogP) is 2.04. The number of rotatable bonds is 7. The lowest BCUT2D eigenvalue weighted by Crippen LogP contribution is -2.36. The Bertz CT molecular complexity index is 974. The van der Waals surface area contributed by atoms with Crippen molar-refractivity contribution in [1.29, 1.82) is 0 Å². The number of carbonyl (C=O) groups is 4. The van der Waals surface area contributed by atoms with Gasteiger partial charge in [-0.15, -0.1) is 0 Å². The van der Waals surface area contributed by atoms with Crippen molar-refractivity contribution in [3.63, 3.8) is 0 Å². The highest BCUT2D eigenvalue weighted by atomic mass is 16.5. The number of ether oxygens (including phenoxy) is 2. The number of imide groups is 1. The van der Waals surface area contributed by atoms with Crippen LogP contribution in [-0.2, 0) is 14.4 Å². The maximum Gasteiger partial charge on any atom is 0.255 e. The van der Waals surface area contributed by atoms with E-state index in [0.29, 0.717) is 17.0 Å². The molecule has 0 aliphatic carbocycles. The van der Waals surface area contributed by atoms with Gasteiger partial charge in [-0.1, -0.05) is 18.2 Å². The average molecular weight is 411 g/mol. The molecule has 156 valence electrons. The Hall–Kier alpha value is -3.88. The zero-order valence-corrected chi connectivity index (χ0v) is 16.6. The number of amides is 4. The van der Waals surface area contributed by atoms with Crippen LogP contribution in [0.15, 0.2) is 42.5 Å². The first-order valence-electron chi connectivity index (χ1n) is 9.18. The van der Waals surface area contributed by atoms with E-state index in [9.17, 15) is 19.2 Å². The molecule has 1 aliphatic heterocycles. The molecule has 0 spiro atoms. The molecule has 1 aliphatic rings. The molecule has 0 aromatic heterocycles. The number of carbonyl (C=O) groups excluding carboxylic acids is 4. The lowest BCUT2D eigenvalue weighted by atomic mass is 10.2. The standard InChI is InChI=1S/C21H21N3O6/c1-29-16-11-15(23-21(28)13-6-4-3-5-7-13)17(30-2)10-14(16)22-18(25)12-24-19(26)8-9-20(24)27/h3-7,10-11H,8-9,12H2,1-2H3,(H,22,25)(H,23,28). The highest BCUT2D eigenvalue weighted by Gasteiger charge is 2.30. The number of nitrogens with zero attached hydrogens (tertiary/aromatic N) is 1.